The van der Waals surface area contributed by atoms with Crippen LogP contribution in [0.25, 0.3) is 0 Å². The predicted molar refractivity (Wildman–Crippen MR) is 54.5 cm³/mol. The smallest absolute Gasteiger partial charge is 0.157 e. The maximum atomic E-state index is 5.43. The summed E-state index contributed by atoms with van der Waals surface area (Å²) in [5.41, 5.74) is 0. The molecule has 0 N–H and O–H groups in total. The lowest BCUT2D eigenvalue weighted by atomic mass is 10.5. The van der Waals surface area contributed by atoms with Crippen LogP contribution in [0.5, 0.6) is 5.75 Å². The second-order valence-electron chi connectivity index (χ2n) is 2.99. The highest BCUT2D eigenvalue weighted by atomic mass is 16.5. The van der Waals surface area contributed by atoms with Gasteiger partial charge >= 0.3 is 0 Å². The van der Waals surface area contributed by atoms with E-state index < -0.39 is 0 Å². The molecule has 0 radical (unpaired) electrons. The van der Waals surface area contributed by atoms with Crippen LogP contribution in [0.15, 0.2) is 12.4 Å². The first-order valence-electron chi connectivity index (χ1n) is 5.09. The summed E-state index contributed by atoms with van der Waals surface area (Å²) >= 11 is 0. The van der Waals surface area contributed by atoms with Crippen LogP contribution in [0.3, 0.4) is 0 Å². The predicted octanol–water partition coefficient (Wildman–Crippen LogP) is 1.71. The maximum absolute atomic E-state index is 5.43. The Morgan fingerprint density at radius 1 is 1.29 bits per heavy atom. The Bertz CT molecular complexity index is 248. The molecule has 0 aliphatic heterocycles. The van der Waals surface area contributed by atoms with E-state index in [-0.39, 0.29) is 0 Å². The minimum Gasteiger partial charge on any atom is -0.488 e. The van der Waals surface area contributed by atoms with Gasteiger partial charge in [-0.25, -0.2) is 0 Å². The fraction of sp³-hybridized carbons (Fsp3) is 0.700. The lowest BCUT2D eigenvalue weighted by Gasteiger charge is -2.03. The number of hydrogen-bond acceptors (Lipinski definition) is 3. The van der Waals surface area contributed by atoms with Gasteiger partial charge in [-0.2, -0.15) is 5.10 Å². The van der Waals surface area contributed by atoms with Crippen molar-refractivity contribution >= 4 is 0 Å². The molecule has 0 spiro atoms. The summed E-state index contributed by atoms with van der Waals surface area (Å²) in [6.07, 6.45) is 4.66. The third-order valence-corrected chi connectivity index (χ3v) is 1.78. The lowest BCUT2D eigenvalue weighted by Crippen LogP contribution is -2.06. The molecule has 0 amide bonds. The molecular formula is C10H18N2O2. The molecule has 0 unspecified atom stereocenters. The van der Waals surface area contributed by atoms with Crippen LogP contribution in [0, 0.1) is 0 Å². The monoisotopic (exact) mass is 198 g/mol. The molecule has 1 aromatic heterocycles. The van der Waals surface area contributed by atoms with Crippen molar-refractivity contribution in [2.45, 2.75) is 26.8 Å². The molecule has 0 saturated heterocycles. The standard InChI is InChI=1S/C10H18N2O2/c1-3-5-13-6-7-14-10-8-11-12(4-2)9-10/h8-9H,3-7H2,1-2H3. The highest BCUT2D eigenvalue weighted by Crippen LogP contribution is 2.07. The summed E-state index contributed by atoms with van der Waals surface area (Å²) in [5.74, 6) is 0.812. The summed E-state index contributed by atoms with van der Waals surface area (Å²) in [6, 6.07) is 0. The summed E-state index contributed by atoms with van der Waals surface area (Å²) in [4.78, 5) is 0. The molecule has 4 heteroatoms. The van der Waals surface area contributed by atoms with Crippen LogP contribution >= 0.6 is 0 Å². The van der Waals surface area contributed by atoms with Crippen LogP contribution in [0.2, 0.25) is 0 Å². The van der Waals surface area contributed by atoms with Gasteiger partial charge in [0, 0.05) is 13.2 Å². The molecule has 0 bridgehead atoms. The molecule has 14 heavy (non-hydrogen) atoms. The normalized spacial score (nSPS) is 10.4. The second kappa shape index (κ2) is 6.43. The zero-order valence-electron chi connectivity index (χ0n) is 8.90. The van der Waals surface area contributed by atoms with Gasteiger partial charge < -0.3 is 9.47 Å². The molecule has 0 fully saturated rings. The molecular weight excluding hydrogens is 180 g/mol. The van der Waals surface area contributed by atoms with Crippen molar-refractivity contribution in [3.63, 3.8) is 0 Å². The van der Waals surface area contributed by atoms with Crippen molar-refractivity contribution in [2.24, 2.45) is 0 Å². The van der Waals surface area contributed by atoms with E-state index in [0.29, 0.717) is 13.2 Å². The molecule has 80 valence electrons. The van der Waals surface area contributed by atoms with Gasteiger partial charge in [-0.1, -0.05) is 6.92 Å². The molecule has 4 nitrogen and oxygen atoms in total. The van der Waals surface area contributed by atoms with Gasteiger partial charge in [0.25, 0.3) is 0 Å². The van der Waals surface area contributed by atoms with Crippen LogP contribution < -0.4 is 4.74 Å². The average molecular weight is 198 g/mol. The van der Waals surface area contributed by atoms with E-state index in [9.17, 15) is 0 Å². The van der Waals surface area contributed by atoms with Gasteiger partial charge in [-0.05, 0) is 13.3 Å². The van der Waals surface area contributed by atoms with E-state index in [0.717, 1.165) is 25.3 Å². The molecule has 0 aliphatic carbocycles. The van der Waals surface area contributed by atoms with E-state index >= 15 is 0 Å². The summed E-state index contributed by atoms with van der Waals surface area (Å²) in [6.45, 7) is 7.04. The fourth-order valence-electron chi connectivity index (χ4n) is 1.06. The van der Waals surface area contributed by atoms with Crippen LogP contribution in [0.4, 0.5) is 0 Å². The van der Waals surface area contributed by atoms with Crippen molar-refractivity contribution in [3.8, 4) is 5.75 Å². The summed E-state index contributed by atoms with van der Waals surface area (Å²) < 4.78 is 12.5. The van der Waals surface area contributed by atoms with Gasteiger partial charge in [0.1, 0.15) is 6.61 Å². The van der Waals surface area contributed by atoms with Gasteiger partial charge in [-0.15, -0.1) is 0 Å². The number of aromatic nitrogens is 2. The molecule has 1 heterocycles. The van der Waals surface area contributed by atoms with Crippen molar-refractivity contribution in [2.75, 3.05) is 19.8 Å². The largest absolute Gasteiger partial charge is 0.488 e. The van der Waals surface area contributed by atoms with E-state index in [2.05, 4.69) is 12.0 Å². The molecule has 0 aliphatic rings. The maximum Gasteiger partial charge on any atom is 0.157 e. The molecule has 0 atom stereocenters. The Hall–Kier alpha value is -1.03. The van der Waals surface area contributed by atoms with Crippen LogP contribution in [-0.4, -0.2) is 29.6 Å². The van der Waals surface area contributed by atoms with Crippen LogP contribution in [0.1, 0.15) is 20.3 Å². The topological polar surface area (TPSA) is 36.3 Å². The molecule has 0 saturated carbocycles. The number of nitrogens with zero attached hydrogens (tertiary/aromatic N) is 2. The molecule has 1 aromatic rings. The zero-order chi connectivity index (χ0) is 10.2. The Kier molecular flexibility index (Phi) is 5.07. The second-order valence-corrected chi connectivity index (χ2v) is 2.99. The van der Waals surface area contributed by atoms with E-state index in [1.165, 1.54) is 0 Å². The number of hydrogen-bond donors (Lipinski definition) is 0. The van der Waals surface area contributed by atoms with Gasteiger partial charge in [0.2, 0.25) is 0 Å². The first-order valence-corrected chi connectivity index (χ1v) is 5.09. The third-order valence-electron chi connectivity index (χ3n) is 1.78. The third kappa shape index (κ3) is 3.79. The highest BCUT2D eigenvalue weighted by Gasteiger charge is 1.96. The van der Waals surface area contributed by atoms with Crippen molar-refractivity contribution in [1.29, 1.82) is 0 Å². The number of ether oxygens (including phenoxy) is 2. The first kappa shape index (κ1) is 11.0. The molecule has 0 aromatic carbocycles. The number of aryl methyl sites for hydroxylation is 1. The van der Waals surface area contributed by atoms with Crippen molar-refractivity contribution in [1.82, 2.24) is 9.78 Å². The van der Waals surface area contributed by atoms with Gasteiger partial charge in [0.15, 0.2) is 5.75 Å². The Morgan fingerprint density at radius 2 is 2.14 bits per heavy atom. The fourth-order valence-corrected chi connectivity index (χ4v) is 1.06. The zero-order valence-corrected chi connectivity index (χ0v) is 8.90. The first-order chi connectivity index (χ1) is 6.86. The lowest BCUT2D eigenvalue weighted by molar-refractivity contribution is 0.101. The number of rotatable bonds is 7. The quantitative estimate of drug-likeness (QED) is 0.626. The Morgan fingerprint density at radius 3 is 2.79 bits per heavy atom. The Labute approximate surface area is 84.8 Å². The van der Waals surface area contributed by atoms with Gasteiger partial charge in [0.05, 0.1) is 19.0 Å². The van der Waals surface area contributed by atoms with E-state index in [4.69, 9.17) is 9.47 Å². The van der Waals surface area contributed by atoms with Gasteiger partial charge in [-0.3, -0.25) is 4.68 Å². The average Bonchev–Trinajstić information content (AvgIpc) is 2.65. The summed E-state index contributed by atoms with van der Waals surface area (Å²) in [5, 5.41) is 4.10. The van der Waals surface area contributed by atoms with E-state index in [1.807, 2.05) is 17.8 Å². The van der Waals surface area contributed by atoms with Crippen molar-refractivity contribution < 1.29 is 9.47 Å². The SMILES string of the molecule is CCCOCCOc1cnn(CC)c1. The van der Waals surface area contributed by atoms with E-state index in [1.54, 1.807) is 6.20 Å². The van der Waals surface area contributed by atoms with Crippen molar-refractivity contribution in [3.05, 3.63) is 12.4 Å². The molecule has 1 rings (SSSR count). The highest BCUT2D eigenvalue weighted by molar-refractivity contribution is 5.11. The minimum absolute atomic E-state index is 0.593. The minimum atomic E-state index is 0.593. The summed E-state index contributed by atoms with van der Waals surface area (Å²) in [7, 11) is 0. The Balaban J connectivity index is 2.12. The van der Waals surface area contributed by atoms with Crippen LogP contribution in [-0.2, 0) is 11.3 Å².